The largest absolute Gasteiger partial charge is 0.497 e. The monoisotopic (exact) mass is 272 g/mol. The summed E-state index contributed by atoms with van der Waals surface area (Å²) >= 11 is 0. The van der Waals surface area contributed by atoms with Crippen molar-refractivity contribution in [2.24, 2.45) is 0 Å². The summed E-state index contributed by atoms with van der Waals surface area (Å²) in [4.78, 5) is 12.3. The minimum Gasteiger partial charge on any atom is -0.497 e. The Labute approximate surface area is 118 Å². The van der Waals surface area contributed by atoms with Crippen molar-refractivity contribution in [3.05, 3.63) is 65.0 Å². The molecule has 0 saturated carbocycles. The fourth-order valence-electron chi connectivity index (χ4n) is 1.98. The number of halogens is 1. The normalized spacial score (nSPS) is 10.7. The maximum atomic E-state index is 13.9. The van der Waals surface area contributed by atoms with Gasteiger partial charge in [-0.1, -0.05) is 38.1 Å². The van der Waals surface area contributed by atoms with Crippen LogP contribution in [0.2, 0.25) is 0 Å². The van der Waals surface area contributed by atoms with Gasteiger partial charge in [0, 0.05) is 11.6 Å². The predicted molar refractivity (Wildman–Crippen MR) is 76.9 cm³/mol. The lowest BCUT2D eigenvalue weighted by Gasteiger charge is -2.08. The fourth-order valence-corrected chi connectivity index (χ4v) is 1.98. The summed E-state index contributed by atoms with van der Waals surface area (Å²) in [5.41, 5.74) is 1.69. The minimum absolute atomic E-state index is 0.0584. The summed E-state index contributed by atoms with van der Waals surface area (Å²) in [5.74, 6) is -0.0891. The zero-order valence-electron chi connectivity index (χ0n) is 11.8. The van der Waals surface area contributed by atoms with Crippen molar-refractivity contribution in [3.8, 4) is 5.75 Å². The molecule has 0 aliphatic heterocycles. The number of rotatable bonds is 4. The first-order valence-electron chi connectivity index (χ1n) is 6.51. The molecule has 0 aliphatic rings. The number of carbonyl (C=O) groups is 1. The van der Waals surface area contributed by atoms with Gasteiger partial charge >= 0.3 is 0 Å². The molecule has 0 spiro atoms. The van der Waals surface area contributed by atoms with Crippen molar-refractivity contribution in [1.29, 1.82) is 0 Å². The van der Waals surface area contributed by atoms with Gasteiger partial charge in [-0.15, -0.1) is 0 Å². The molecular formula is C17H17FO2. The molecule has 2 rings (SSSR count). The van der Waals surface area contributed by atoms with Crippen LogP contribution in [-0.2, 0) is 0 Å². The first kappa shape index (κ1) is 14.3. The second-order valence-electron chi connectivity index (χ2n) is 4.95. The van der Waals surface area contributed by atoms with E-state index >= 15 is 0 Å². The maximum absolute atomic E-state index is 13.9. The van der Waals surface area contributed by atoms with Gasteiger partial charge in [0.05, 0.1) is 12.7 Å². The van der Waals surface area contributed by atoms with Crippen LogP contribution in [-0.4, -0.2) is 12.9 Å². The van der Waals surface area contributed by atoms with Crippen LogP contribution in [0.15, 0.2) is 42.5 Å². The summed E-state index contributed by atoms with van der Waals surface area (Å²) in [6.45, 7) is 4.17. The van der Waals surface area contributed by atoms with Crippen LogP contribution in [0.5, 0.6) is 5.75 Å². The Bertz CT molecular complexity index is 615. The van der Waals surface area contributed by atoms with Crippen molar-refractivity contribution < 1.29 is 13.9 Å². The van der Waals surface area contributed by atoms with E-state index in [-0.39, 0.29) is 11.3 Å². The molecule has 0 saturated heterocycles. The molecule has 2 nitrogen and oxygen atoms in total. The minimum atomic E-state index is -0.567. The third-order valence-corrected chi connectivity index (χ3v) is 3.26. The maximum Gasteiger partial charge on any atom is 0.195 e. The molecule has 3 heteroatoms. The van der Waals surface area contributed by atoms with Crippen LogP contribution >= 0.6 is 0 Å². The average Bonchev–Trinajstić information content (AvgIpc) is 2.46. The lowest BCUT2D eigenvalue weighted by Crippen LogP contribution is -2.05. The Hall–Kier alpha value is -2.16. The Kier molecular flexibility index (Phi) is 4.18. The second kappa shape index (κ2) is 5.87. The smallest absolute Gasteiger partial charge is 0.195 e. The van der Waals surface area contributed by atoms with E-state index in [0.717, 1.165) is 5.56 Å². The predicted octanol–water partition coefficient (Wildman–Crippen LogP) is 4.19. The number of hydrogen-bond acceptors (Lipinski definition) is 2. The molecule has 0 radical (unpaired) electrons. The molecule has 0 aliphatic carbocycles. The van der Waals surface area contributed by atoms with Gasteiger partial charge in [0.25, 0.3) is 0 Å². The molecule has 0 heterocycles. The number of methoxy groups -OCH3 is 1. The zero-order chi connectivity index (χ0) is 14.7. The lowest BCUT2D eigenvalue weighted by atomic mass is 9.98. The van der Waals surface area contributed by atoms with Gasteiger partial charge in [-0.05, 0) is 23.6 Å². The Morgan fingerprint density at radius 2 is 1.75 bits per heavy atom. The quantitative estimate of drug-likeness (QED) is 0.780. The number of ether oxygens (including phenoxy) is 1. The Morgan fingerprint density at radius 1 is 1.10 bits per heavy atom. The molecule has 104 valence electrons. The van der Waals surface area contributed by atoms with Crippen molar-refractivity contribution in [2.75, 3.05) is 7.11 Å². The van der Waals surface area contributed by atoms with Crippen LogP contribution in [0.25, 0.3) is 0 Å². The highest BCUT2D eigenvalue weighted by Gasteiger charge is 2.14. The molecular weight excluding hydrogens is 255 g/mol. The van der Waals surface area contributed by atoms with Crippen LogP contribution in [0.3, 0.4) is 0 Å². The van der Waals surface area contributed by atoms with Gasteiger partial charge < -0.3 is 4.74 Å². The Morgan fingerprint density at radius 3 is 2.25 bits per heavy atom. The lowest BCUT2D eigenvalue weighted by molar-refractivity contribution is 0.103. The average molecular weight is 272 g/mol. The molecule has 2 aromatic carbocycles. The van der Waals surface area contributed by atoms with Crippen LogP contribution in [0.4, 0.5) is 4.39 Å². The van der Waals surface area contributed by atoms with Crippen molar-refractivity contribution in [3.63, 3.8) is 0 Å². The third-order valence-electron chi connectivity index (χ3n) is 3.26. The molecule has 0 atom stereocenters. The second-order valence-corrected chi connectivity index (χ2v) is 4.95. The zero-order valence-corrected chi connectivity index (χ0v) is 11.8. The molecule has 0 aromatic heterocycles. The van der Waals surface area contributed by atoms with E-state index in [1.54, 1.807) is 18.2 Å². The number of ketones is 1. The van der Waals surface area contributed by atoms with Crippen LogP contribution < -0.4 is 4.74 Å². The molecule has 0 unspecified atom stereocenters. The Balaban J connectivity index is 2.31. The van der Waals surface area contributed by atoms with E-state index < -0.39 is 5.82 Å². The first-order valence-corrected chi connectivity index (χ1v) is 6.51. The molecule has 0 amide bonds. The molecule has 2 aromatic rings. The molecule has 0 N–H and O–H groups in total. The SMILES string of the molecule is COc1ccc(C(=O)c2ccc(C(C)C)cc2)c(F)c1. The van der Waals surface area contributed by atoms with E-state index in [1.165, 1.54) is 19.2 Å². The highest BCUT2D eigenvalue weighted by Crippen LogP contribution is 2.21. The van der Waals surface area contributed by atoms with Crippen molar-refractivity contribution >= 4 is 5.78 Å². The summed E-state index contributed by atoms with van der Waals surface area (Å²) in [6.07, 6.45) is 0. The van der Waals surface area contributed by atoms with Gasteiger partial charge in [-0.25, -0.2) is 4.39 Å². The van der Waals surface area contributed by atoms with E-state index in [0.29, 0.717) is 17.2 Å². The van der Waals surface area contributed by atoms with E-state index in [1.807, 2.05) is 12.1 Å². The fraction of sp³-hybridized carbons (Fsp3) is 0.235. The summed E-state index contributed by atoms with van der Waals surface area (Å²) in [6, 6.07) is 11.5. The number of carbonyl (C=O) groups excluding carboxylic acids is 1. The number of benzene rings is 2. The summed E-state index contributed by atoms with van der Waals surface area (Å²) in [5, 5.41) is 0. The van der Waals surface area contributed by atoms with Gasteiger partial charge in [0.15, 0.2) is 5.78 Å². The van der Waals surface area contributed by atoms with Crippen molar-refractivity contribution in [2.45, 2.75) is 19.8 Å². The first-order chi connectivity index (χ1) is 9.52. The van der Waals surface area contributed by atoms with Gasteiger partial charge in [0.2, 0.25) is 0 Å². The summed E-state index contributed by atoms with van der Waals surface area (Å²) in [7, 11) is 1.46. The molecule has 0 fully saturated rings. The van der Waals surface area contributed by atoms with Gasteiger partial charge in [0.1, 0.15) is 11.6 Å². The van der Waals surface area contributed by atoms with Crippen LogP contribution in [0.1, 0.15) is 41.3 Å². The van der Waals surface area contributed by atoms with E-state index in [4.69, 9.17) is 4.74 Å². The van der Waals surface area contributed by atoms with Crippen molar-refractivity contribution in [1.82, 2.24) is 0 Å². The van der Waals surface area contributed by atoms with Crippen LogP contribution in [0, 0.1) is 5.82 Å². The highest BCUT2D eigenvalue weighted by atomic mass is 19.1. The topological polar surface area (TPSA) is 26.3 Å². The highest BCUT2D eigenvalue weighted by molar-refractivity contribution is 6.09. The standard InChI is InChI=1S/C17H17FO2/c1-11(2)12-4-6-13(7-5-12)17(19)15-9-8-14(20-3)10-16(15)18/h4-11H,1-3H3. The third kappa shape index (κ3) is 2.87. The van der Waals surface area contributed by atoms with Gasteiger partial charge in [-0.3, -0.25) is 4.79 Å². The molecule has 0 bridgehead atoms. The van der Waals surface area contributed by atoms with E-state index in [9.17, 15) is 9.18 Å². The van der Waals surface area contributed by atoms with Gasteiger partial charge in [-0.2, -0.15) is 0 Å². The molecule has 20 heavy (non-hydrogen) atoms. The summed E-state index contributed by atoms with van der Waals surface area (Å²) < 4.78 is 18.8. The number of hydrogen-bond donors (Lipinski definition) is 0. The van der Waals surface area contributed by atoms with E-state index in [2.05, 4.69) is 13.8 Å².